The maximum absolute atomic E-state index is 11.6. The highest BCUT2D eigenvalue weighted by Gasteiger charge is 2.10. The van der Waals surface area contributed by atoms with Gasteiger partial charge < -0.3 is 10.1 Å². The van der Waals surface area contributed by atoms with Crippen LogP contribution in [-0.2, 0) is 0 Å². The van der Waals surface area contributed by atoms with Crippen molar-refractivity contribution in [2.24, 2.45) is 0 Å². The Balaban J connectivity index is 2.83. The fourth-order valence-corrected chi connectivity index (χ4v) is 1.15. The topological polar surface area (TPSA) is 62.1 Å². The van der Waals surface area contributed by atoms with Crippen molar-refractivity contribution in [3.05, 3.63) is 29.8 Å². The van der Waals surface area contributed by atoms with Crippen LogP contribution in [0.2, 0.25) is 0 Å². The minimum Gasteiger partial charge on any atom is -0.493 e. The van der Waals surface area contributed by atoms with Gasteiger partial charge in [0, 0.05) is 0 Å². The van der Waals surface area contributed by atoms with Crippen LogP contribution in [0, 0.1) is 11.3 Å². The number of carbonyl (C=O) groups excluding carboxylic acids is 1. The number of nitrogens with one attached hydrogen (secondary N) is 1. The lowest BCUT2D eigenvalue weighted by Gasteiger charge is -2.08. The Hall–Kier alpha value is -2.02. The number of hydrogen-bond acceptors (Lipinski definition) is 3. The van der Waals surface area contributed by atoms with Crippen LogP contribution < -0.4 is 10.1 Å². The third-order valence-corrected chi connectivity index (χ3v) is 1.76. The summed E-state index contributed by atoms with van der Waals surface area (Å²) in [7, 11) is 0. The summed E-state index contributed by atoms with van der Waals surface area (Å²) in [5, 5.41) is 10.8. The largest absolute Gasteiger partial charge is 0.493 e. The van der Waals surface area contributed by atoms with Crippen molar-refractivity contribution in [3.8, 4) is 11.8 Å². The van der Waals surface area contributed by atoms with Crippen molar-refractivity contribution in [1.82, 2.24) is 5.32 Å². The number of carbonyl (C=O) groups is 1. The van der Waals surface area contributed by atoms with Crippen LogP contribution in [0.1, 0.15) is 17.3 Å². The first-order valence-corrected chi connectivity index (χ1v) is 4.66. The Kier molecular flexibility index (Phi) is 4.17. The maximum Gasteiger partial charge on any atom is 0.255 e. The molecule has 0 bridgehead atoms. The van der Waals surface area contributed by atoms with Crippen molar-refractivity contribution < 1.29 is 9.53 Å². The maximum atomic E-state index is 11.6. The molecule has 0 saturated heterocycles. The second-order valence-corrected chi connectivity index (χ2v) is 2.77. The van der Waals surface area contributed by atoms with Crippen molar-refractivity contribution in [2.45, 2.75) is 6.92 Å². The molecule has 1 amide bonds. The van der Waals surface area contributed by atoms with Gasteiger partial charge in [0.05, 0.1) is 18.2 Å². The van der Waals surface area contributed by atoms with Gasteiger partial charge in [-0.15, -0.1) is 0 Å². The molecule has 1 rings (SSSR count). The predicted octanol–water partition coefficient (Wildman–Crippen LogP) is 1.34. The molecule has 0 aliphatic rings. The molecular weight excluding hydrogens is 192 g/mol. The molecule has 0 fully saturated rings. The summed E-state index contributed by atoms with van der Waals surface area (Å²) in [5.74, 6) is 0.246. The molecule has 1 N–H and O–H groups in total. The molecular formula is C11H12N2O2. The fourth-order valence-electron chi connectivity index (χ4n) is 1.15. The van der Waals surface area contributed by atoms with Crippen molar-refractivity contribution in [3.63, 3.8) is 0 Å². The number of para-hydroxylation sites is 1. The Labute approximate surface area is 88.5 Å². The number of nitriles is 1. The van der Waals surface area contributed by atoms with Gasteiger partial charge >= 0.3 is 0 Å². The second kappa shape index (κ2) is 5.66. The van der Waals surface area contributed by atoms with Crippen molar-refractivity contribution in [2.75, 3.05) is 13.2 Å². The normalized spacial score (nSPS) is 9.07. The van der Waals surface area contributed by atoms with E-state index in [2.05, 4.69) is 5.32 Å². The molecule has 78 valence electrons. The smallest absolute Gasteiger partial charge is 0.255 e. The number of amides is 1. The lowest BCUT2D eigenvalue weighted by molar-refractivity contribution is 0.0954. The monoisotopic (exact) mass is 204 g/mol. The van der Waals surface area contributed by atoms with E-state index in [0.29, 0.717) is 17.9 Å². The van der Waals surface area contributed by atoms with Crippen LogP contribution in [0.3, 0.4) is 0 Å². The van der Waals surface area contributed by atoms with Gasteiger partial charge in [-0.05, 0) is 19.1 Å². The molecule has 0 radical (unpaired) electrons. The van der Waals surface area contributed by atoms with Crippen molar-refractivity contribution >= 4 is 5.91 Å². The van der Waals surface area contributed by atoms with E-state index in [1.54, 1.807) is 24.3 Å². The third-order valence-electron chi connectivity index (χ3n) is 1.76. The SMILES string of the molecule is CCOc1ccccc1C(=O)NCC#N. The van der Waals surface area contributed by atoms with Gasteiger partial charge in [-0.3, -0.25) is 4.79 Å². The lowest BCUT2D eigenvalue weighted by Crippen LogP contribution is -2.24. The van der Waals surface area contributed by atoms with Gasteiger partial charge in [0.2, 0.25) is 0 Å². The molecule has 4 nitrogen and oxygen atoms in total. The summed E-state index contributed by atoms with van der Waals surface area (Å²) in [6.07, 6.45) is 0. The molecule has 0 aliphatic carbocycles. The Morgan fingerprint density at radius 3 is 2.93 bits per heavy atom. The van der Waals surface area contributed by atoms with E-state index in [0.717, 1.165) is 0 Å². The number of ether oxygens (including phenoxy) is 1. The Morgan fingerprint density at radius 2 is 2.27 bits per heavy atom. The Bertz CT molecular complexity index is 382. The van der Waals surface area contributed by atoms with E-state index in [1.807, 2.05) is 13.0 Å². The van der Waals surface area contributed by atoms with E-state index >= 15 is 0 Å². The first kappa shape index (κ1) is 11.1. The first-order chi connectivity index (χ1) is 7.29. The summed E-state index contributed by atoms with van der Waals surface area (Å²) in [6, 6.07) is 8.79. The van der Waals surface area contributed by atoms with Crippen LogP contribution in [-0.4, -0.2) is 19.1 Å². The van der Waals surface area contributed by atoms with Gasteiger partial charge in [-0.1, -0.05) is 12.1 Å². The number of rotatable bonds is 4. The summed E-state index contributed by atoms with van der Waals surface area (Å²) in [4.78, 5) is 11.6. The molecule has 0 aromatic heterocycles. The zero-order valence-corrected chi connectivity index (χ0v) is 8.49. The molecule has 0 heterocycles. The van der Waals surface area contributed by atoms with Crippen molar-refractivity contribution in [1.29, 1.82) is 5.26 Å². The van der Waals surface area contributed by atoms with E-state index < -0.39 is 0 Å². The molecule has 0 aliphatic heterocycles. The first-order valence-electron chi connectivity index (χ1n) is 4.66. The highest BCUT2D eigenvalue weighted by atomic mass is 16.5. The highest BCUT2D eigenvalue weighted by molar-refractivity contribution is 5.96. The minimum absolute atomic E-state index is 0.000702. The van der Waals surface area contributed by atoms with E-state index in [-0.39, 0.29) is 12.5 Å². The standard InChI is InChI=1S/C11H12N2O2/c1-2-15-10-6-4-3-5-9(10)11(14)13-8-7-12/h3-6H,2,8H2,1H3,(H,13,14). The zero-order chi connectivity index (χ0) is 11.1. The van der Waals surface area contributed by atoms with E-state index in [4.69, 9.17) is 10.00 Å². The fraction of sp³-hybridized carbons (Fsp3) is 0.273. The van der Waals surface area contributed by atoms with Gasteiger partial charge in [0.25, 0.3) is 5.91 Å². The average molecular weight is 204 g/mol. The average Bonchev–Trinajstić information content (AvgIpc) is 2.27. The molecule has 4 heteroatoms. The van der Waals surface area contributed by atoms with E-state index in [9.17, 15) is 4.79 Å². The van der Waals surface area contributed by atoms with Crippen LogP contribution >= 0.6 is 0 Å². The Morgan fingerprint density at radius 1 is 1.53 bits per heavy atom. The third kappa shape index (κ3) is 2.99. The molecule has 1 aromatic carbocycles. The molecule has 0 spiro atoms. The summed E-state index contributed by atoms with van der Waals surface area (Å²) >= 11 is 0. The highest BCUT2D eigenvalue weighted by Crippen LogP contribution is 2.17. The van der Waals surface area contributed by atoms with Gasteiger partial charge in [0.15, 0.2) is 0 Å². The van der Waals surface area contributed by atoms with Gasteiger partial charge in [-0.25, -0.2) is 0 Å². The molecule has 0 unspecified atom stereocenters. The van der Waals surface area contributed by atoms with Gasteiger partial charge in [0.1, 0.15) is 12.3 Å². The van der Waals surface area contributed by atoms with Crippen LogP contribution in [0.4, 0.5) is 0 Å². The second-order valence-electron chi connectivity index (χ2n) is 2.77. The number of hydrogen-bond donors (Lipinski definition) is 1. The predicted molar refractivity (Wildman–Crippen MR) is 55.6 cm³/mol. The number of nitrogens with zero attached hydrogens (tertiary/aromatic N) is 1. The van der Waals surface area contributed by atoms with E-state index in [1.165, 1.54) is 0 Å². The van der Waals surface area contributed by atoms with Gasteiger partial charge in [-0.2, -0.15) is 5.26 Å². The zero-order valence-electron chi connectivity index (χ0n) is 8.49. The molecule has 15 heavy (non-hydrogen) atoms. The quantitative estimate of drug-likeness (QED) is 0.753. The van der Waals surface area contributed by atoms with Crippen LogP contribution in [0.15, 0.2) is 24.3 Å². The van der Waals surface area contributed by atoms with Crippen LogP contribution in [0.25, 0.3) is 0 Å². The lowest BCUT2D eigenvalue weighted by atomic mass is 10.2. The molecule has 1 aromatic rings. The molecule has 0 saturated carbocycles. The number of benzene rings is 1. The summed E-state index contributed by atoms with van der Waals surface area (Å²) in [5.41, 5.74) is 0.453. The van der Waals surface area contributed by atoms with Crippen LogP contribution in [0.5, 0.6) is 5.75 Å². The summed E-state index contributed by atoms with van der Waals surface area (Å²) < 4.78 is 5.29. The summed E-state index contributed by atoms with van der Waals surface area (Å²) in [6.45, 7) is 2.35. The molecule has 0 atom stereocenters. The minimum atomic E-state index is -0.291.